The van der Waals surface area contributed by atoms with Gasteiger partial charge < -0.3 is 5.32 Å². The van der Waals surface area contributed by atoms with Crippen LogP contribution in [0.4, 0.5) is 11.4 Å². The number of fused-ring (bicyclic) bond motifs is 1. The molecule has 2 aromatic rings. The quantitative estimate of drug-likeness (QED) is 0.871. The van der Waals surface area contributed by atoms with Crippen molar-refractivity contribution in [3.8, 4) is 0 Å². The topological polar surface area (TPSA) is 66.5 Å². The maximum Gasteiger partial charge on any atom is 0.265 e. The number of amides is 1. The first-order valence-corrected chi connectivity index (χ1v) is 9.45. The minimum atomic E-state index is -3.98. The number of carbonyl (C=O) groups is 1. The number of nitrogens with zero attached hydrogens (tertiary/aromatic N) is 1. The molecular weight excluding hydrogens is 371 g/mol. The monoisotopic (exact) mass is 384 g/mol. The lowest BCUT2D eigenvalue weighted by Gasteiger charge is -2.36. The third-order valence-corrected chi connectivity index (χ3v) is 6.38. The number of carbonyl (C=O) groups excluding carboxylic acids is 1. The van der Waals surface area contributed by atoms with Crippen LogP contribution in [0.25, 0.3) is 0 Å². The first-order valence-electron chi connectivity index (χ1n) is 7.25. The lowest BCUT2D eigenvalue weighted by atomic mass is 10.1. The van der Waals surface area contributed by atoms with Gasteiger partial charge in [-0.3, -0.25) is 9.10 Å². The minimum Gasteiger partial charge on any atom is -0.322 e. The Kier molecular flexibility index (Phi) is 4.46. The summed E-state index contributed by atoms with van der Waals surface area (Å²) < 4.78 is 27.5. The standard InChI is InChI=1S/C16H14Cl2N2O3S/c1-2-14-16(21)19-13-5-3-4-6-15(13)20(14)24(22,23)10-7-8-11(17)12(18)9-10/h3-9,14H,2H2,1H3,(H,19,21)/t14-/m1/s1. The second-order valence-electron chi connectivity index (χ2n) is 5.31. The molecule has 0 saturated heterocycles. The summed E-state index contributed by atoms with van der Waals surface area (Å²) in [4.78, 5) is 12.3. The van der Waals surface area contributed by atoms with Crippen molar-refractivity contribution in [3.63, 3.8) is 0 Å². The van der Waals surface area contributed by atoms with E-state index in [4.69, 9.17) is 23.2 Å². The SMILES string of the molecule is CC[C@@H]1C(=O)Nc2ccccc2N1S(=O)(=O)c1ccc(Cl)c(Cl)c1. The fourth-order valence-corrected chi connectivity index (χ4v) is 4.76. The molecule has 24 heavy (non-hydrogen) atoms. The summed E-state index contributed by atoms with van der Waals surface area (Å²) >= 11 is 11.8. The van der Waals surface area contributed by atoms with Crippen molar-refractivity contribution in [2.45, 2.75) is 24.3 Å². The Morgan fingerprint density at radius 2 is 1.83 bits per heavy atom. The second-order valence-corrected chi connectivity index (χ2v) is 7.94. The smallest absolute Gasteiger partial charge is 0.265 e. The Morgan fingerprint density at radius 1 is 1.12 bits per heavy atom. The molecule has 1 amide bonds. The third kappa shape index (κ3) is 2.75. The average Bonchev–Trinajstić information content (AvgIpc) is 2.55. The van der Waals surface area contributed by atoms with Crippen molar-refractivity contribution in [1.29, 1.82) is 0 Å². The van der Waals surface area contributed by atoms with E-state index in [1.165, 1.54) is 18.2 Å². The number of hydrogen-bond acceptors (Lipinski definition) is 3. The highest BCUT2D eigenvalue weighted by Gasteiger charge is 2.39. The van der Waals surface area contributed by atoms with Gasteiger partial charge in [-0.1, -0.05) is 42.3 Å². The van der Waals surface area contributed by atoms with Gasteiger partial charge in [-0.05, 0) is 36.8 Å². The zero-order valence-electron chi connectivity index (χ0n) is 12.7. The van der Waals surface area contributed by atoms with Crippen LogP contribution < -0.4 is 9.62 Å². The summed E-state index contributed by atoms with van der Waals surface area (Å²) in [5.41, 5.74) is 0.880. The van der Waals surface area contributed by atoms with Crippen LogP contribution in [0.5, 0.6) is 0 Å². The number of halogens is 2. The fourth-order valence-electron chi connectivity index (χ4n) is 2.66. The van der Waals surface area contributed by atoms with Crippen molar-refractivity contribution in [2.75, 3.05) is 9.62 Å². The maximum atomic E-state index is 13.2. The zero-order valence-corrected chi connectivity index (χ0v) is 15.0. The van der Waals surface area contributed by atoms with E-state index < -0.39 is 16.1 Å². The maximum absolute atomic E-state index is 13.2. The largest absolute Gasteiger partial charge is 0.322 e. The number of rotatable bonds is 3. The Labute approximate surface area is 150 Å². The number of hydrogen-bond donors (Lipinski definition) is 1. The summed E-state index contributed by atoms with van der Waals surface area (Å²) in [6, 6.07) is 10.0. The third-order valence-electron chi connectivity index (χ3n) is 3.82. The number of sulfonamides is 1. The molecule has 1 heterocycles. The summed E-state index contributed by atoms with van der Waals surface area (Å²) in [6.45, 7) is 1.76. The number of benzene rings is 2. The van der Waals surface area contributed by atoms with E-state index in [2.05, 4.69) is 5.32 Å². The first-order chi connectivity index (χ1) is 11.4. The van der Waals surface area contributed by atoms with Crippen LogP contribution in [0.2, 0.25) is 10.0 Å². The van der Waals surface area contributed by atoms with E-state index in [1.807, 2.05) is 0 Å². The Morgan fingerprint density at radius 3 is 2.50 bits per heavy atom. The molecule has 0 saturated carbocycles. The normalized spacial score (nSPS) is 17.4. The molecule has 2 aromatic carbocycles. The molecule has 8 heteroatoms. The molecule has 0 spiro atoms. The van der Waals surface area contributed by atoms with Gasteiger partial charge in [-0.15, -0.1) is 0 Å². The van der Waals surface area contributed by atoms with Crippen molar-refractivity contribution < 1.29 is 13.2 Å². The molecule has 3 rings (SSSR count). The minimum absolute atomic E-state index is 0.0140. The number of para-hydroxylation sites is 2. The van der Waals surface area contributed by atoms with E-state index in [-0.39, 0.29) is 20.8 Å². The van der Waals surface area contributed by atoms with Gasteiger partial charge in [-0.2, -0.15) is 0 Å². The molecule has 1 aliphatic heterocycles. The zero-order chi connectivity index (χ0) is 17.5. The average molecular weight is 385 g/mol. The van der Waals surface area contributed by atoms with E-state index in [0.717, 1.165) is 4.31 Å². The Balaban J connectivity index is 2.20. The lowest BCUT2D eigenvalue weighted by Crippen LogP contribution is -2.50. The van der Waals surface area contributed by atoms with Crippen LogP contribution >= 0.6 is 23.2 Å². The second kappa shape index (κ2) is 6.27. The molecule has 126 valence electrons. The number of anilines is 2. The van der Waals surface area contributed by atoms with Gasteiger partial charge in [0.25, 0.3) is 10.0 Å². The summed E-state index contributed by atoms with van der Waals surface area (Å²) in [6.07, 6.45) is 0.334. The van der Waals surface area contributed by atoms with E-state index in [1.54, 1.807) is 31.2 Å². The molecule has 1 aliphatic rings. The van der Waals surface area contributed by atoms with Crippen LogP contribution in [0.1, 0.15) is 13.3 Å². The Hall–Kier alpha value is -1.76. The number of nitrogens with one attached hydrogen (secondary N) is 1. The van der Waals surface area contributed by atoms with Crippen LogP contribution in [0.15, 0.2) is 47.4 Å². The molecule has 1 atom stereocenters. The molecule has 0 aliphatic carbocycles. The van der Waals surface area contributed by atoms with Crippen molar-refractivity contribution in [1.82, 2.24) is 0 Å². The van der Waals surface area contributed by atoms with Gasteiger partial charge in [0, 0.05) is 0 Å². The van der Waals surface area contributed by atoms with Gasteiger partial charge in [0.15, 0.2) is 0 Å². The summed E-state index contributed by atoms with van der Waals surface area (Å²) in [5.74, 6) is -0.361. The predicted octanol–water partition coefficient (Wildman–Crippen LogP) is 3.92. The van der Waals surface area contributed by atoms with Crippen LogP contribution in [0.3, 0.4) is 0 Å². The molecule has 0 bridgehead atoms. The molecule has 0 unspecified atom stereocenters. The molecule has 5 nitrogen and oxygen atoms in total. The van der Waals surface area contributed by atoms with Crippen molar-refractivity contribution in [3.05, 3.63) is 52.5 Å². The summed E-state index contributed by atoms with van der Waals surface area (Å²) in [7, 11) is -3.98. The van der Waals surface area contributed by atoms with Gasteiger partial charge in [-0.25, -0.2) is 8.42 Å². The fraction of sp³-hybridized carbons (Fsp3) is 0.188. The highest BCUT2D eigenvalue weighted by Crippen LogP contribution is 2.37. The van der Waals surface area contributed by atoms with Gasteiger partial charge >= 0.3 is 0 Å². The molecule has 0 aromatic heterocycles. The van der Waals surface area contributed by atoms with Crippen LogP contribution in [0, 0.1) is 0 Å². The highest BCUT2D eigenvalue weighted by atomic mass is 35.5. The van der Waals surface area contributed by atoms with Crippen LogP contribution in [-0.2, 0) is 14.8 Å². The lowest BCUT2D eigenvalue weighted by molar-refractivity contribution is -0.117. The van der Waals surface area contributed by atoms with Gasteiger partial charge in [0.05, 0.1) is 26.3 Å². The van der Waals surface area contributed by atoms with Gasteiger partial charge in [0.2, 0.25) is 5.91 Å². The molecule has 0 radical (unpaired) electrons. The first kappa shape index (κ1) is 17.1. The Bertz CT molecular complexity index is 915. The van der Waals surface area contributed by atoms with E-state index in [9.17, 15) is 13.2 Å². The molecular formula is C16H14Cl2N2O3S. The predicted molar refractivity (Wildman–Crippen MR) is 95.3 cm³/mol. The van der Waals surface area contributed by atoms with E-state index >= 15 is 0 Å². The molecule has 0 fully saturated rings. The highest BCUT2D eigenvalue weighted by molar-refractivity contribution is 7.93. The molecule has 1 N–H and O–H groups in total. The van der Waals surface area contributed by atoms with Crippen molar-refractivity contribution >= 4 is 50.5 Å². The summed E-state index contributed by atoms with van der Waals surface area (Å²) in [5, 5.41) is 3.15. The van der Waals surface area contributed by atoms with Crippen molar-refractivity contribution in [2.24, 2.45) is 0 Å². The van der Waals surface area contributed by atoms with Gasteiger partial charge in [0.1, 0.15) is 6.04 Å². The van der Waals surface area contributed by atoms with E-state index in [0.29, 0.717) is 17.8 Å². The van der Waals surface area contributed by atoms with Crippen LogP contribution in [-0.4, -0.2) is 20.4 Å².